The highest BCUT2D eigenvalue weighted by Gasteiger charge is 2.00. The van der Waals surface area contributed by atoms with Crippen molar-refractivity contribution in [3.05, 3.63) is 48.1 Å². The van der Waals surface area contributed by atoms with Crippen LogP contribution in [0, 0.1) is 0 Å². The number of hydrogen-bond donors (Lipinski definition) is 1. The molecule has 3 nitrogen and oxygen atoms in total. The molecule has 0 aromatic heterocycles. The molecule has 1 aromatic carbocycles. The summed E-state index contributed by atoms with van der Waals surface area (Å²) < 4.78 is 4.51. The first-order valence-electron chi connectivity index (χ1n) is 4.44. The summed E-state index contributed by atoms with van der Waals surface area (Å²) in [5, 5.41) is 0. The quantitative estimate of drug-likeness (QED) is 0.354. The molecule has 1 aromatic rings. The Balaban J connectivity index is 2.69. The number of benzene rings is 1. The van der Waals surface area contributed by atoms with Crippen LogP contribution in [-0.4, -0.2) is 13.1 Å². The van der Waals surface area contributed by atoms with E-state index in [0.717, 1.165) is 5.56 Å². The fourth-order valence-corrected chi connectivity index (χ4v) is 1.00. The van der Waals surface area contributed by atoms with E-state index < -0.39 is 5.97 Å². The van der Waals surface area contributed by atoms with E-state index in [1.165, 1.54) is 7.11 Å². The van der Waals surface area contributed by atoms with Gasteiger partial charge in [0.25, 0.3) is 0 Å². The molecule has 3 heteroatoms. The van der Waals surface area contributed by atoms with Crippen LogP contribution in [0.3, 0.4) is 0 Å². The molecule has 0 saturated heterocycles. The summed E-state index contributed by atoms with van der Waals surface area (Å²) >= 11 is 0. The molecule has 0 fully saturated rings. The van der Waals surface area contributed by atoms with Crippen LogP contribution in [0.4, 0.5) is 5.69 Å². The standard InChI is InChI=1S/C12H13NO2/c1-9(12(14)15-2)3-4-10-5-7-11(13)8-6-10/h3-8H,1,13H2,2H3. The van der Waals surface area contributed by atoms with Gasteiger partial charge in [-0.2, -0.15) is 0 Å². The average Bonchev–Trinajstić information content (AvgIpc) is 2.26. The number of carbonyl (C=O) groups excluding carboxylic acids is 1. The van der Waals surface area contributed by atoms with Gasteiger partial charge in [0.2, 0.25) is 0 Å². The second kappa shape index (κ2) is 5.00. The van der Waals surface area contributed by atoms with Gasteiger partial charge in [0, 0.05) is 5.69 Å². The zero-order valence-electron chi connectivity index (χ0n) is 8.57. The molecule has 0 bridgehead atoms. The summed E-state index contributed by atoms with van der Waals surface area (Å²) in [6.07, 6.45) is 3.38. The highest BCUT2D eigenvalue weighted by molar-refractivity contribution is 5.91. The van der Waals surface area contributed by atoms with E-state index in [1.54, 1.807) is 24.3 Å². The Hall–Kier alpha value is -2.03. The zero-order valence-corrected chi connectivity index (χ0v) is 8.57. The Morgan fingerprint density at radius 3 is 2.53 bits per heavy atom. The maximum absolute atomic E-state index is 11.0. The molecule has 0 amide bonds. The van der Waals surface area contributed by atoms with Gasteiger partial charge < -0.3 is 10.5 Å². The van der Waals surface area contributed by atoms with Crippen LogP contribution in [0.15, 0.2) is 42.5 Å². The van der Waals surface area contributed by atoms with Crippen LogP contribution in [0.25, 0.3) is 6.08 Å². The summed E-state index contributed by atoms with van der Waals surface area (Å²) in [7, 11) is 1.32. The molecule has 1 rings (SSSR count). The third-order valence-electron chi connectivity index (χ3n) is 1.86. The van der Waals surface area contributed by atoms with Crippen molar-refractivity contribution in [1.29, 1.82) is 0 Å². The fraction of sp³-hybridized carbons (Fsp3) is 0.0833. The van der Waals surface area contributed by atoms with Crippen LogP contribution >= 0.6 is 0 Å². The number of methoxy groups -OCH3 is 1. The van der Waals surface area contributed by atoms with Crippen LogP contribution in [0.1, 0.15) is 5.56 Å². The number of nitrogens with two attached hydrogens (primary N) is 1. The van der Waals surface area contributed by atoms with Gasteiger partial charge in [0.05, 0.1) is 12.7 Å². The fourth-order valence-electron chi connectivity index (χ4n) is 1.00. The minimum atomic E-state index is -0.429. The van der Waals surface area contributed by atoms with Crippen molar-refractivity contribution in [2.45, 2.75) is 0 Å². The smallest absolute Gasteiger partial charge is 0.337 e. The van der Waals surface area contributed by atoms with Crippen LogP contribution in [0.2, 0.25) is 0 Å². The summed E-state index contributed by atoms with van der Waals surface area (Å²) in [6, 6.07) is 7.30. The monoisotopic (exact) mass is 203 g/mol. The first-order chi connectivity index (χ1) is 7.13. The number of hydrogen-bond acceptors (Lipinski definition) is 3. The van der Waals surface area contributed by atoms with E-state index in [0.29, 0.717) is 11.3 Å². The predicted octanol–water partition coefficient (Wildman–Crippen LogP) is 2.01. The molecule has 0 aliphatic rings. The minimum absolute atomic E-state index is 0.314. The molecule has 2 N–H and O–H groups in total. The molecule has 0 radical (unpaired) electrons. The van der Waals surface area contributed by atoms with Crippen molar-refractivity contribution in [1.82, 2.24) is 0 Å². The third-order valence-corrected chi connectivity index (χ3v) is 1.86. The molecule has 0 unspecified atom stereocenters. The summed E-state index contributed by atoms with van der Waals surface area (Å²) in [6.45, 7) is 3.57. The van der Waals surface area contributed by atoms with E-state index in [9.17, 15) is 4.79 Å². The third kappa shape index (κ3) is 3.31. The average molecular weight is 203 g/mol. The van der Waals surface area contributed by atoms with Crippen LogP contribution < -0.4 is 5.73 Å². The van der Waals surface area contributed by atoms with Gasteiger partial charge in [-0.1, -0.05) is 24.8 Å². The van der Waals surface area contributed by atoms with E-state index >= 15 is 0 Å². The Labute approximate surface area is 88.9 Å². The Morgan fingerprint density at radius 2 is 2.00 bits per heavy atom. The first kappa shape index (κ1) is 11.0. The highest BCUT2D eigenvalue weighted by atomic mass is 16.5. The Kier molecular flexibility index (Phi) is 3.68. The number of carbonyl (C=O) groups is 1. The molecular weight excluding hydrogens is 190 g/mol. The van der Waals surface area contributed by atoms with Crippen molar-refractivity contribution < 1.29 is 9.53 Å². The minimum Gasteiger partial charge on any atom is -0.465 e. The normalized spacial score (nSPS) is 10.2. The topological polar surface area (TPSA) is 52.3 Å². The van der Waals surface area contributed by atoms with E-state index in [2.05, 4.69) is 11.3 Å². The zero-order chi connectivity index (χ0) is 11.3. The van der Waals surface area contributed by atoms with Crippen LogP contribution in [-0.2, 0) is 9.53 Å². The number of anilines is 1. The van der Waals surface area contributed by atoms with E-state index in [-0.39, 0.29) is 0 Å². The Morgan fingerprint density at radius 1 is 1.40 bits per heavy atom. The maximum Gasteiger partial charge on any atom is 0.337 e. The largest absolute Gasteiger partial charge is 0.465 e. The van der Waals surface area contributed by atoms with Crippen LogP contribution in [0.5, 0.6) is 0 Å². The number of nitrogen functional groups attached to an aromatic ring is 1. The molecule has 0 spiro atoms. The summed E-state index contributed by atoms with van der Waals surface area (Å²) in [5.74, 6) is -0.429. The lowest BCUT2D eigenvalue weighted by Gasteiger charge is -1.97. The molecular formula is C12H13NO2. The van der Waals surface area contributed by atoms with Gasteiger partial charge in [-0.05, 0) is 23.8 Å². The van der Waals surface area contributed by atoms with Gasteiger partial charge in [0.1, 0.15) is 0 Å². The van der Waals surface area contributed by atoms with Crippen molar-refractivity contribution in [2.75, 3.05) is 12.8 Å². The van der Waals surface area contributed by atoms with Gasteiger partial charge in [-0.15, -0.1) is 0 Å². The lowest BCUT2D eigenvalue weighted by molar-refractivity contribution is -0.135. The van der Waals surface area contributed by atoms with Gasteiger partial charge in [0.15, 0.2) is 0 Å². The highest BCUT2D eigenvalue weighted by Crippen LogP contribution is 2.08. The number of esters is 1. The molecule has 0 saturated carbocycles. The van der Waals surface area contributed by atoms with Crippen molar-refractivity contribution in [2.24, 2.45) is 0 Å². The van der Waals surface area contributed by atoms with Crippen molar-refractivity contribution in [3.63, 3.8) is 0 Å². The second-order valence-corrected chi connectivity index (χ2v) is 3.02. The summed E-state index contributed by atoms with van der Waals surface area (Å²) in [5.41, 5.74) is 7.51. The van der Waals surface area contributed by atoms with Crippen molar-refractivity contribution >= 4 is 17.7 Å². The number of ether oxygens (including phenoxy) is 1. The SMILES string of the molecule is C=C(C=Cc1ccc(N)cc1)C(=O)OC. The van der Waals surface area contributed by atoms with Gasteiger partial charge >= 0.3 is 5.97 Å². The van der Waals surface area contributed by atoms with Gasteiger partial charge in [-0.25, -0.2) is 4.79 Å². The molecule has 0 aliphatic carbocycles. The molecule has 78 valence electrons. The molecule has 0 heterocycles. The molecule has 0 aliphatic heterocycles. The van der Waals surface area contributed by atoms with Crippen molar-refractivity contribution in [3.8, 4) is 0 Å². The second-order valence-electron chi connectivity index (χ2n) is 3.02. The van der Waals surface area contributed by atoms with Gasteiger partial charge in [-0.3, -0.25) is 0 Å². The predicted molar refractivity (Wildman–Crippen MR) is 61.0 cm³/mol. The Bertz CT molecular complexity index is 391. The lowest BCUT2D eigenvalue weighted by Crippen LogP contribution is -2.00. The number of rotatable bonds is 3. The first-order valence-corrected chi connectivity index (χ1v) is 4.44. The maximum atomic E-state index is 11.0. The molecule has 0 atom stereocenters. The lowest BCUT2D eigenvalue weighted by atomic mass is 10.1. The molecule has 15 heavy (non-hydrogen) atoms. The van der Waals surface area contributed by atoms with E-state index in [4.69, 9.17) is 5.73 Å². The summed E-state index contributed by atoms with van der Waals surface area (Å²) in [4.78, 5) is 11.0. The van der Waals surface area contributed by atoms with E-state index in [1.807, 2.05) is 12.1 Å².